The number of aromatic nitrogens is 2. The maximum atomic E-state index is 13.5. The molecule has 0 unspecified atom stereocenters. The highest BCUT2D eigenvalue weighted by Crippen LogP contribution is 2.28. The molecular weight excluding hydrogens is 360 g/mol. The van der Waals surface area contributed by atoms with E-state index in [4.69, 9.17) is 0 Å². The smallest absolute Gasteiger partial charge is 0.346 e. The number of nitrogens with zero attached hydrogens (tertiary/aromatic N) is 2. The summed E-state index contributed by atoms with van der Waals surface area (Å²) in [6.07, 6.45) is 0.547. The van der Waals surface area contributed by atoms with Crippen LogP contribution in [0.2, 0.25) is 0 Å². The lowest BCUT2D eigenvalue weighted by Crippen LogP contribution is -2.40. The third kappa shape index (κ3) is 2.79. The second-order valence-electron chi connectivity index (χ2n) is 4.59. The molecule has 0 aliphatic rings. The predicted octanol–water partition coefficient (Wildman–Crippen LogP) is 0.408. The molecule has 0 bridgehead atoms. The van der Waals surface area contributed by atoms with Crippen LogP contribution in [0.25, 0.3) is 0 Å². The molecule has 0 aliphatic carbocycles. The van der Waals surface area contributed by atoms with Crippen LogP contribution in [-0.4, -0.2) is 17.6 Å². The van der Waals surface area contributed by atoms with Gasteiger partial charge in [-0.25, -0.2) is 13.6 Å². The first-order valence-electron chi connectivity index (χ1n) is 6.01. The number of hydrogen-bond donors (Lipinski definition) is 0. The van der Waals surface area contributed by atoms with Crippen molar-refractivity contribution in [2.24, 2.45) is 14.1 Å². The average molecular weight is 368 g/mol. The van der Waals surface area contributed by atoms with Crippen LogP contribution in [0.1, 0.15) is 0 Å². The van der Waals surface area contributed by atoms with Gasteiger partial charge in [0.25, 0.3) is 5.56 Å². The van der Waals surface area contributed by atoms with Gasteiger partial charge in [-0.1, -0.05) is 0 Å². The summed E-state index contributed by atoms with van der Waals surface area (Å²) in [6.45, 7) is 0. The largest absolute Gasteiger partial charge is 0.372 e. The van der Waals surface area contributed by atoms with Gasteiger partial charge in [0.2, 0.25) is 17.4 Å². The Bertz CT molecular complexity index is 1030. The highest BCUT2D eigenvalue weighted by atomic mass is 32.2. The Morgan fingerprint density at radius 3 is 2.00 bits per heavy atom. The van der Waals surface area contributed by atoms with E-state index in [-0.39, 0.29) is 6.07 Å². The highest BCUT2D eigenvalue weighted by Gasteiger charge is 2.29. The van der Waals surface area contributed by atoms with Gasteiger partial charge in [-0.05, 0) is 0 Å². The van der Waals surface area contributed by atoms with Gasteiger partial charge < -0.3 is 8.75 Å². The second-order valence-corrected chi connectivity index (χ2v) is 6.10. The second kappa shape index (κ2) is 5.78. The number of benzene rings is 1. The molecule has 1 aromatic heterocycles. The van der Waals surface area contributed by atoms with Crippen LogP contribution in [0.4, 0.5) is 17.6 Å². The molecule has 0 fully saturated rings. The van der Waals surface area contributed by atoms with Gasteiger partial charge in [0.15, 0.2) is 16.5 Å². The molecule has 2 aromatic rings. The van der Waals surface area contributed by atoms with Crippen LogP contribution in [0.5, 0.6) is 5.75 Å². The first-order valence-corrected chi connectivity index (χ1v) is 7.42. The molecule has 12 heteroatoms. The van der Waals surface area contributed by atoms with E-state index in [9.17, 15) is 35.6 Å². The van der Waals surface area contributed by atoms with Crippen LogP contribution in [0, 0.1) is 23.3 Å². The molecule has 130 valence electrons. The molecule has 0 aliphatic heterocycles. The first-order chi connectivity index (χ1) is 11.0. The zero-order valence-electron chi connectivity index (χ0n) is 12.0. The summed E-state index contributed by atoms with van der Waals surface area (Å²) < 4.78 is 82.4. The van der Waals surface area contributed by atoms with E-state index in [1.807, 2.05) is 0 Å². The van der Waals surface area contributed by atoms with E-state index in [0.717, 1.165) is 14.1 Å². The summed E-state index contributed by atoms with van der Waals surface area (Å²) in [5.41, 5.74) is -2.23. The standard InChI is InChI=1S/C12H8F4N2O5S/c1-17-4-7(11(19)18(2)12(17)20)24(21,22)23-10-8(15)5(13)3-6(14)9(10)16/h3-4H,1-2H3. The van der Waals surface area contributed by atoms with Crippen LogP contribution in [0.3, 0.4) is 0 Å². The highest BCUT2D eigenvalue weighted by molar-refractivity contribution is 7.87. The van der Waals surface area contributed by atoms with Gasteiger partial charge in [0.05, 0.1) is 0 Å². The zero-order chi connectivity index (χ0) is 18.4. The zero-order valence-corrected chi connectivity index (χ0v) is 12.8. The monoisotopic (exact) mass is 368 g/mol. The van der Waals surface area contributed by atoms with Crippen LogP contribution in [-0.2, 0) is 24.2 Å². The molecule has 0 N–H and O–H groups in total. The third-order valence-corrected chi connectivity index (χ3v) is 4.15. The molecule has 0 radical (unpaired) electrons. The molecule has 24 heavy (non-hydrogen) atoms. The Morgan fingerprint density at radius 2 is 1.50 bits per heavy atom. The van der Waals surface area contributed by atoms with Gasteiger partial charge in [-0.3, -0.25) is 9.36 Å². The molecular formula is C12H8F4N2O5S. The van der Waals surface area contributed by atoms with Gasteiger partial charge in [-0.15, -0.1) is 0 Å². The van der Waals surface area contributed by atoms with Crippen molar-refractivity contribution in [3.05, 3.63) is 56.4 Å². The molecule has 0 atom stereocenters. The minimum Gasteiger partial charge on any atom is -0.372 e. The summed E-state index contributed by atoms with van der Waals surface area (Å²) in [5, 5.41) is 0. The van der Waals surface area contributed by atoms with E-state index in [1.54, 1.807) is 0 Å². The van der Waals surface area contributed by atoms with Crippen molar-refractivity contribution in [2.75, 3.05) is 0 Å². The summed E-state index contributed by atoms with van der Waals surface area (Å²) in [5.74, 6) is -9.86. The van der Waals surface area contributed by atoms with Crippen molar-refractivity contribution in [2.45, 2.75) is 4.90 Å². The summed E-state index contributed by atoms with van der Waals surface area (Å²) in [7, 11) is -3.14. The minimum absolute atomic E-state index is 0.143. The van der Waals surface area contributed by atoms with Gasteiger partial charge in [-0.2, -0.15) is 17.2 Å². The summed E-state index contributed by atoms with van der Waals surface area (Å²) >= 11 is 0. The Hall–Kier alpha value is -2.63. The van der Waals surface area contributed by atoms with Crippen molar-refractivity contribution in [1.29, 1.82) is 0 Å². The van der Waals surface area contributed by atoms with Crippen molar-refractivity contribution in [3.63, 3.8) is 0 Å². The Kier molecular flexibility index (Phi) is 4.27. The normalized spacial score (nSPS) is 11.6. The Labute approximate surface area is 131 Å². The van der Waals surface area contributed by atoms with E-state index in [1.165, 1.54) is 0 Å². The van der Waals surface area contributed by atoms with Crippen molar-refractivity contribution in [3.8, 4) is 5.75 Å². The lowest BCUT2D eigenvalue weighted by molar-refractivity contribution is 0.387. The van der Waals surface area contributed by atoms with Crippen LogP contribution in [0.15, 0.2) is 26.7 Å². The van der Waals surface area contributed by atoms with Crippen molar-refractivity contribution >= 4 is 10.1 Å². The fourth-order valence-corrected chi connectivity index (χ4v) is 2.82. The quantitative estimate of drug-likeness (QED) is 0.445. The lowest BCUT2D eigenvalue weighted by atomic mass is 10.3. The third-order valence-electron chi connectivity index (χ3n) is 2.95. The lowest BCUT2D eigenvalue weighted by Gasteiger charge is -2.11. The minimum atomic E-state index is -5.19. The molecule has 1 heterocycles. The van der Waals surface area contributed by atoms with E-state index < -0.39 is 55.3 Å². The topological polar surface area (TPSA) is 87.4 Å². The molecule has 0 saturated heterocycles. The van der Waals surface area contributed by atoms with Gasteiger partial charge in [0.1, 0.15) is 0 Å². The van der Waals surface area contributed by atoms with Gasteiger partial charge >= 0.3 is 15.8 Å². The summed E-state index contributed by atoms with van der Waals surface area (Å²) in [4.78, 5) is 22.2. The predicted molar refractivity (Wildman–Crippen MR) is 71.0 cm³/mol. The molecule has 0 saturated carbocycles. The van der Waals surface area contributed by atoms with Crippen molar-refractivity contribution < 1.29 is 30.2 Å². The molecule has 2 rings (SSSR count). The molecule has 0 spiro atoms. The molecule has 1 aromatic carbocycles. The molecule has 7 nitrogen and oxygen atoms in total. The first kappa shape index (κ1) is 17.7. The maximum absolute atomic E-state index is 13.5. The van der Waals surface area contributed by atoms with E-state index in [2.05, 4.69) is 4.18 Å². The van der Waals surface area contributed by atoms with Crippen LogP contribution < -0.4 is 15.4 Å². The van der Waals surface area contributed by atoms with Crippen LogP contribution >= 0.6 is 0 Å². The number of hydrogen-bond acceptors (Lipinski definition) is 5. The Morgan fingerprint density at radius 1 is 1.00 bits per heavy atom. The SMILES string of the molecule is Cn1cc(S(=O)(=O)Oc2c(F)c(F)cc(F)c2F)c(=O)n(C)c1=O. The van der Waals surface area contributed by atoms with E-state index in [0.29, 0.717) is 15.3 Å². The summed E-state index contributed by atoms with van der Waals surface area (Å²) in [6, 6.07) is -0.143. The van der Waals surface area contributed by atoms with Crippen molar-refractivity contribution in [1.82, 2.24) is 9.13 Å². The fourth-order valence-electron chi connectivity index (χ4n) is 1.73. The molecule has 0 amide bonds. The van der Waals surface area contributed by atoms with E-state index >= 15 is 0 Å². The van der Waals surface area contributed by atoms with Gasteiger partial charge in [0, 0.05) is 26.4 Å². The maximum Gasteiger partial charge on any atom is 0.346 e. The Balaban J connectivity index is 2.68. The number of halogens is 4. The number of aryl methyl sites for hydroxylation is 1. The number of rotatable bonds is 3. The average Bonchev–Trinajstić information content (AvgIpc) is 2.51. The fraction of sp³-hybridized carbons (Fsp3) is 0.167.